The van der Waals surface area contributed by atoms with Crippen molar-refractivity contribution in [2.75, 3.05) is 38.1 Å². The van der Waals surface area contributed by atoms with E-state index < -0.39 is 0 Å². The summed E-state index contributed by atoms with van der Waals surface area (Å²) in [5, 5.41) is 5.40. The summed E-state index contributed by atoms with van der Waals surface area (Å²) in [5.74, 6) is 2.19. The van der Waals surface area contributed by atoms with E-state index in [0.29, 0.717) is 5.78 Å². The fourth-order valence-corrected chi connectivity index (χ4v) is 4.39. The minimum absolute atomic E-state index is 0.602. The van der Waals surface area contributed by atoms with E-state index in [1.807, 2.05) is 43.6 Å². The molecule has 3 aromatic heterocycles. The first-order valence-electron chi connectivity index (χ1n) is 10.3. The molecule has 0 spiro atoms. The third kappa shape index (κ3) is 4.24. The highest BCUT2D eigenvalue weighted by Crippen LogP contribution is 2.25. The number of aromatic nitrogens is 6. The van der Waals surface area contributed by atoms with Gasteiger partial charge in [-0.05, 0) is 25.6 Å². The van der Waals surface area contributed by atoms with E-state index >= 15 is 0 Å². The summed E-state index contributed by atoms with van der Waals surface area (Å²) in [4.78, 5) is 23.0. The molecule has 0 unspecified atom stereocenters. The molecule has 158 valence electrons. The third-order valence-electron chi connectivity index (χ3n) is 5.50. The number of nitrogens with zero attached hydrogens (tertiary/aromatic N) is 8. The third-order valence-corrected chi connectivity index (χ3v) is 6.41. The molecule has 0 radical (unpaired) electrons. The second kappa shape index (κ2) is 8.60. The minimum Gasteiger partial charge on any atom is -0.338 e. The van der Waals surface area contributed by atoms with Crippen LogP contribution in [0.4, 0.5) is 5.95 Å². The number of aryl methyl sites for hydroxylation is 1. The number of thioether (sulfide) groups is 1. The van der Waals surface area contributed by atoms with Crippen molar-refractivity contribution in [1.29, 1.82) is 0 Å². The lowest BCUT2D eigenvalue weighted by Gasteiger charge is -2.32. The summed E-state index contributed by atoms with van der Waals surface area (Å²) in [6.45, 7) is 5.93. The lowest BCUT2D eigenvalue weighted by atomic mass is 10.2. The fraction of sp³-hybridized carbons (Fsp3) is 0.318. The highest BCUT2D eigenvalue weighted by atomic mass is 32.2. The van der Waals surface area contributed by atoms with Gasteiger partial charge in [0.1, 0.15) is 0 Å². The Bertz CT molecular complexity index is 1180. The van der Waals surface area contributed by atoms with Crippen LogP contribution in [0.15, 0.2) is 53.9 Å². The van der Waals surface area contributed by atoms with Crippen molar-refractivity contribution in [2.45, 2.75) is 17.8 Å². The maximum atomic E-state index is 4.83. The van der Waals surface area contributed by atoms with Crippen LogP contribution >= 0.6 is 11.8 Å². The Kier molecular flexibility index (Phi) is 5.52. The zero-order chi connectivity index (χ0) is 21.2. The Labute approximate surface area is 185 Å². The normalized spacial score (nSPS) is 15.0. The summed E-state index contributed by atoms with van der Waals surface area (Å²) in [6, 6.07) is 12.3. The Morgan fingerprint density at radius 1 is 0.968 bits per heavy atom. The Balaban J connectivity index is 1.40. The summed E-state index contributed by atoms with van der Waals surface area (Å²) in [6.07, 6.45) is 3.66. The SMILES string of the molecule is Cc1c(-c2ccnc(N3CCN(C)CC3)n2)cnc2nc(SCc3ccccc3)nn12. The number of anilines is 1. The van der Waals surface area contributed by atoms with Crippen LogP contribution in [0.1, 0.15) is 11.3 Å². The molecule has 31 heavy (non-hydrogen) atoms. The molecule has 9 heteroatoms. The maximum Gasteiger partial charge on any atom is 0.253 e. The molecule has 4 aromatic rings. The molecule has 4 heterocycles. The van der Waals surface area contributed by atoms with Gasteiger partial charge in [-0.1, -0.05) is 42.1 Å². The van der Waals surface area contributed by atoms with Crippen LogP contribution in [0.25, 0.3) is 17.0 Å². The molecule has 0 N–H and O–H groups in total. The van der Waals surface area contributed by atoms with Gasteiger partial charge in [-0.3, -0.25) is 0 Å². The van der Waals surface area contributed by atoms with Crippen LogP contribution < -0.4 is 4.90 Å². The number of hydrogen-bond acceptors (Lipinski definition) is 8. The molecular formula is C22H24N8S. The average molecular weight is 433 g/mol. The van der Waals surface area contributed by atoms with E-state index in [1.165, 1.54) is 5.56 Å². The zero-order valence-corrected chi connectivity index (χ0v) is 18.5. The lowest BCUT2D eigenvalue weighted by Crippen LogP contribution is -2.45. The van der Waals surface area contributed by atoms with Crippen molar-refractivity contribution in [3.63, 3.8) is 0 Å². The molecule has 1 aromatic carbocycles. The molecule has 0 atom stereocenters. The van der Waals surface area contributed by atoms with Gasteiger partial charge >= 0.3 is 0 Å². The van der Waals surface area contributed by atoms with E-state index in [1.54, 1.807) is 16.3 Å². The van der Waals surface area contributed by atoms with Crippen molar-refractivity contribution < 1.29 is 0 Å². The maximum absolute atomic E-state index is 4.83. The molecule has 1 aliphatic heterocycles. The number of benzene rings is 1. The standard InChI is InChI=1S/C22H24N8S/c1-16-18(19-8-9-23-20(25-19)29-12-10-28(2)11-13-29)14-24-21-26-22(27-30(16)21)31-15-17-6-4-3-5-7-17/h3-9,14H,10-13,15H2,1-2H3. The van der Waals surface area contributed by atoms with E-state index in [-0.39, 0.29) is 0 Å². The monoisotopic (exact) mass is 432 g/mol. The quantitative estimate of drug-likeness (QED) is 0.446. The van der Waals surface area contributed by atoms with Gasteiger partial charge in [-0.2, -0.15) is 9.50 Å². The minimum atomic E-state index is 0.602. The molecule has 0 aliphatic carbocycles. The number of piperazine rings is 1. The topological polar surface area (TPSA) is 75.3 Å². The van der Waals surface area contributed by atoms with Gasteiger partial charge in [0.15, 0.2) is 0 Å². The average Bonchev–Trinajstić information content (AvgIpc) is 3.23. The van der Waals surface area contributed by atoms with Gasteiger partial charge in [0.2, 0.25) is 11.1 Å². The molecule has 0 saturated carbocycles. The molecule has 1 aliphatic rings. The summed E-state index contributed by atoms with van der Waals surface area (Å²) < 4.78 is 1.81. The van der Waals surface area contributed by atoms with Gasteiger partial charge in [-0.15, -0.1) is 5.10 Å². The lowest BCUT2D eigenvalue weighted by molar-refractivity contribution is 0.311. The molecule has 0 bridgehead atoms. The van der Waals surface area contributed by atoms with Crippen LogP contribution in [0.2, 0.25) is 0 Å². The molecule has 0 amide bonds. The van der Waals surface area contributed by atoms with Crippen LogP contribution in [-0.2, 0) is 5.75 Å². The van der Waals surface area contributed by atoms with Gasteiger partial charge in [-0.25, -0.2) is 15.0 Å². The van der Waals surface area contributed by atoms with Gasteiger partial charge in [0.05, 0.1) is 11.4 Å². The molecule has 5 rings (SSSR count). The fourth-order valence-electron chi connectivity index (χ4n) is 3.62. The number of fused-ring (bicyclic) bond motifs is 1. The molecule has 1 saturated heterocycles. The Morgan fingerprint density at radius 2 is 1.77 bits per heavy atom. The van der Waals surface area contributed by atoms with E-state index in [4.69, 9.17) is 4.98 Å². The second-order valence-corrected chi connectivity index (χ2v) is 8.61. The number of rotatable bonds is 5. The number of hydrogen-bond donors (Lipinski definition) is 0. The first-order valence-corrected chi connectivity index (χ1v) is 11.3. The van der Waals surface area contributed by atoms with Crippen LogP contribution in [0.3, 0.4) is 0 Å². The zero-order valence-electron chi connectivity index (χ0n) is 17.6. The second-order valence-electron chi connectivity index (χ2n) is 7.67. The first kappa shape index (κ1) is 19.9. The van der Waals surface area contributed by atoms with Crippen molar-refractivity contribution in [1.82, 2.24) is 34.4 Å². The molecular weight excluding hydrogens is 408 g/mol. The van der Waals surface area contributed by atoms with Gasteiger partial charge in [0, 0.05) is 49.9 Å². The van der Waals surface area contributed by atoms with Gasteiger partial charge in [0.25, 0.3) is 5.78 Å². The van der Waals surface area contributed by atoms with E-state index in [2.05, 4.69) is 49.0 Å². The largest absolute Gasteiger partial charge is 0.338 e. The van der Waals surface area contributed by atoms with E-state index in [9.17, 15) is 0 Å². The van der Waals surface area contributed by atoms with Crippen molar-refractivity contribution in [2.24, 2.45) is 0 Å². The Morgan fingerprint density at radius 3 is 2.58 bits per heavy atom. The van der Waals surface area contributed by atoms with Crippen LogP contribution in [0, 0.1) is 6.92 Å². The van der Waals surface area contributed by atoms with Crippen molar-refractivity contribution in [3.05, 3.63) is 60.0 Å². The molecule has 1 fully saturated rings. The van der Waals surface area contributed by atoms with Crippen molar-refractivity contribution >= 4 is 23.5 Å². The van der Waals surface area contributed by atoms with E-state index in [0.717, 1.165) is 60.0 Å². The predicted molar refractivity (Wildman–Crippen MR) is 122 cm³/mol. The van der Waals surface area contributed by atoms with Gasteiger partial charge < -0.3 is 9.80 Å². The predicted octanol–water partition coefficient (Wildman–Crippen LogP) is 2.93. The molecule has 8 nitrogen and oxygen atoms in total. The highest BCUT2D eigenvalue weighted by molar-refractivity contribution is 7.98. The van der Waals surface area contributed by atoms with Crippen LogP contribution in [0.5, 0.6) is 0 Å². The highest BCUT2D eigenvalue weighted by Gasteiger charge is 2.18. The smallest absolute Gasteiger partial charge is 0.253 e. The van der Waals surface area contributed by atoms with Crippen molar-refractivity contribution in [3.8, 4) is 11.3 Å². The summed E-state index contributed by atoms with van der Waals surface area (Å²) in [5.41, 5.74) is 4.00. The number of likely N-dealkylation sites (N-methyl/N-ethyl adjacent to an activating group) is 1. The summed E-state index contributed by atoms with van der Waals surface area (Å²) >= 11 is 1.61. The first-order chi connectivity index (χ1) is 15.2. The Hall–Kier alpha value is -3.04. The van der Waals surface area contributed by atoms with Crippen LogP contribution in [-0.4, -0.2) is 67.7 Å². The summed E-state index contributed by atoms with van der Waals surface area (Å²) in [7, 11) is 2.14.